The first-order chi connectivity index (χ1) is 9.39. The smallest absolute Gasteiger partial charge is 0.251 e. The lowest BCUT2D eigenvalue weighted by Crippen LogP contribution is -2.45. The molecule has 3 nitrogen and oxygen atoms in total. The molecule has 2 unspecified atom stereocenters. The van der Waals surface area contributed by atoms with Crippen molar-refractivity contribution in [3.05, 3.63) is 34.3 Å². The normalized spacial score (nSPS) is 26.3. The van der Waals surface area contributed by atoms with Crippen molar-refractivity contribution in [3.8, 4) is 0 Å². The van der Waals surface area contributed by atoms with Crippen LogP contribution in [0.1, 0.15) is 48.5 Å². The summed E-state index contributed by atoms with van der Waals surface area (Å²) in [7, 11) is 0. The highest BCUT2D eigenvalue weighted by Gasteiger charge is 2.32. The number of carbonyl (C=O) groups excluding carboxylic acids is 1. The quantitative estimate of drug-likeness (QED) is 0.899. The average molecular weight is 296 g/mol. The fourth-order valence-corrected chi connectivity index (χ4v) is 3.24. The first-order valence-electron chi connectivity index (χ1n) is 7.16. The Hall–Kier alpha value is -1.06. The maximum atomic E-state index is 12.2. The van der Waals surface area contributed by atoms with Gasteiger partial charge in [0.1, 0.15) is 0 Å². The number of benzene rings is 1. The summed E-state index contributed by atoms with van der Waals surface area (Å²) in [5, 5.41) is 14.0. The van der Waals surface area contributed by atoms with Crippen molar-refractivity contribution in [2.75, 3.05) is 6.54 Å². The zero-order valence-corrected chi connectivity index (χ0v) is 12.8. The molecule has 0 bridgehead atoms. The molecule has 1 fully saturated rings. The number of carbonyl (C=O) groups is 1. The van der Waals surface area contributed by atoms with E-state index in [0.29, 0.717) is 23.0 Å². The Morgan fingerprint density at radius 3 is 2.95 bits per heavy atom. The van der Waals surface area contributed by atoms with Gasteiger partial charge >= 0.3 is 0 Å². The molecule has 1 aromatic rings. The van der Waals surface area contributed by atoms with E-state index >= 15 is 0 Å². The van der Waals surface area contributed by atoms with Gasteiger partial charge in [0, 0.05) is 17.1 Å². The van der Waals surface area contributed by atoms with Gasteiger partial charge in [-0.1, -0.05) is 31.4 Å². The van der Waals surface area contributed by atoms with Crippen LogP contribution in [0.5, 0.6) is 0 Å². The summed E-state index contributed by atoms with van der Waals surface area (Å²) in [6.07, 6.45) is 3.70. The lowest BCUT2D eigenvalue weighted by atomic mass is 9.79. The van der Waals surface area contributed by atoms with E-state index in [2.05, 4.69) is 12.2 Å². The third-order valence-electron chi connectivity index (χ3n) is 4.08. The third-order valence-corrected chi connectivity index (χ3v) is 4.31. The number of hydrogen-bond acceptors (Lipinski definition) is 2. The molecule has 0 saturated heterocycles. The van der Waals surface area contributed by atoms with E-state index in [4.69, 9.17) is 11.6 Å². The van der Waals surface area contributed by atoms with Gasteiger partial charge in [0.2, 0.25) is 0 Å². The molecular weight excluding hydrogens is 274 g/mol. The molecule has 1 amide bonds. The first-order valence-corrected chi connectivity index (χ1v) is 7.54. The highest BCUT2D eigenvalue weighted by molar-refractivity contribution is 6.30. The largest absolute Gasteiger partial charge is 0.388 e. The SMILES string of the molecule is Cc1cc(Cl)ccc1C(=O)NCC1(O)CCCC(C)C1. The van der Waals surface area contributed by atoms with Crippen molar-refractivity contribution in [3.63, 3.8) is 0 Å². The van der Waals surface area contributed by atoms with Gasteiger partial charge in [-0.05, 0) is 49.4 Å². The number of halogens is 1. The van der Waals surface area contributed by atoms with Gasteiger partial charge in [0.25, 0.3) is 5.91 Å². The van der Waals surface area contributed by atoms with Crippen molar-refractivity contribution in [1.82, 2.24) is 5.32 Å². The van der Waals surface area contributed by atoms with Crippen LogP contribution in [0, 0.1) is 12.8 Å². The van der Waals surface area contributed by atoms with Crippen molar-refractivity contribution >= 4 is 17.5 Å². The van der Waals surface area contributed by atoms with Crippen LogP contribution in [0.25, 0.3) is 0 Å². The van der Waals surface area contributed by atoms with Crippen LogP contribution in [-0.4, -0.2) is 23.2 Å². The fourth-order valence-electron chi connectivity index (χ4n) is 3.01. The highest BCUT2D eigenvalue weighted by atomic mass is 35.5. The van der Waals surface area contributed by atoms with E-state index < -0.39 is 5.60 Å². The Labute approximate surface area is 125 Å². The molecule has 4 heteroatoms. The summed E-state index contributed by atoms with van der Waals surface area (Å²) in [4.78, 5) is 12.2. The maximum absolute atomic E-state index is 12.2. The van der Waals surface area contributed by atoms with Crippen LogP contribution in [0.4, 0.5) is 0 Å². The van der Waals surface area contributed by atoms with E-state index in [-0.39, 0.29) is 5.91 Å². The van der Waals surface area contributed by atoms with Crippen molar-refractivity contribution in [2.24, 2.45) is 5.92 Å². The molecule has 20 heavy (non-hydrogen) atoms. The lowest BCUT2D eigenvalue weighted by molar-refractivity contribution is -0.0109. The molecule has 0 spiro atoms. The molecule has 1 saturated carbocycles. The zero-order valence-electron chi connectivity index (χ0n) is 12.1. The Morgan fingerprint density at radius 2 is 2.30 bits per heavy atom. The number of aliphatic hydroxyl groups is 1. The van der Waals surface area contributed by atoms with Crippen molar-refractivity contribution < 1.29 is 9.90 Å². The van der Waals surface area contributed by atoms with Gasteiger partial charge < -0.3 is 10.4 Å². The molecule has 2 N–H and O–H groups in total. The summed E-state index contributed by atoms with van der Waals surface area (Å²) >= 11 is 5.89. The molecular formula is C16H22ClNO2. The summed E-state index contributed by atoms with van der Waals surface area (Å²) in [6.45, 7) is 4.33. The molecule has 0 radical (unpaired) electrons. The van der Waals surface area contributed by atoms with Gasteiger partial charge in [0.15, 0.2) is 0 Å². The second-order valence-electron chi connectivity index (χ2n) is 6.07. The highest BCUT2D eigenvalue weighted by Crippen LogP contribution is 2.31. The summed E-state index contributed by atoms with van der Waals surface area (Å²) in [5.74, 6) is 0.369. The predicted octanol–water partition coefficient (Wildman–Crippen LogP) is 3.32. The summed E-state index contributed by atoms with van der Waals surface area (Å²) < 4.78 is 0. The van der Waals surface area contributed by atoms with E-state index in [1.807, 2.05) is 6.92 Å². The van der Waals surface area contributed by atoms with Crippen LogP contribution in [0.3, 0.4) is 0 Å². The Balaban J connectivity index is 1.98. The third kappa shape index (κ3) is 3.74. The molecule has 1 aliphatic rings. The minimum atomic E-state index is -0.756. The van der Waals surface area contributed by atoms with Crippen LogP contribution < -0.4 is 5.32 Å². The van der Waals surface area contributed by atoms with E-state index in [0.717, 1.165) is 31.2 Å². The van der Waals surface area contributed by atoms with Gasteiger partial charge in [-0.15, -0.1) is 0 Å². The molecule has 0 aliphatic heterocycles. The average Bonchev–Trinajstić information content (AvgIpc) is 2.36. The minimum absolute atomic E-state index is 0.147. The molecule has 1 aromatic carbocycles. The van der Waals surface area contributed by atoms with Crippen LogP contribution in [0.15, 0.2) is 18.2 Å². The topological polar surface area (TPSA) is 49.3 Å². The van der Waals surface area contributed by atoms with Crippen molar-refractivity contribution in [1.29, 1.82) is 0 Å². The lowest BCUT2D eigenvalue weighted by Gasteiger charge is -2.35. The van der Waals surface area contributed by atoms with Crippen LogP contribution in [0.2, 0.25) is 5.02 Å². The standard InChI is InChI=1S/C16H22ClNO2/c1-11-4-3-7-16(20,9-11)10-18-15(19)14-6-5-13(17)8-12(14)2/h5-6,8,11,20H,3-4,7,9-10H2,1-2H3,(H,18,19). The molecule has 110 valence electrons. The van der Waals surface area contributed by atoms with Crippen LogP contribution >= 0.6 is 11.6 Å². The molecule has 2 rings (SSSR count). The van der Waals surface area contributed by atoms with Gasteiger partial charge in [0.05, 0.1) is 5.60 Å². The molecule has 2 atom stereocenters. The molecule has 0 heterocycles. The van der Waals surface area contributed by atoms with Crippen LogP contribution in [-0.2, 0) is 0 Å². The summed E-state index contributed by atoms with van der Waals surface area (Å²) in [6, 6.07) is 5.20. The Bertz CT molecular complexity index is 503. The first kappa shape index (κ1) is 15.3. The van der Waals surface area contributed by atoms with Gasteiger partial charge in [-0.3, -0.25) is 4.79 Å². The zero-order chi connectivity index (χ0) is 14.8. The van der Waals surface area contributed by atoms with Crippen molar-refractivity contribution in [2.45, 2.75) is 45.1 Å². The predicted molar refractivity (Wildman–Crippen MR) is 81.1 cm³/mol. The number of hydrogen-bond donors (Lipinski definition) is 2. The molecule has 0 aromatic heterocycles. The second-order valence-corrected chi connectivity index (χ2v) is 6.50. The minimum Gasteiger partial charge on any atom is -0.388 e. The number of aryl methyl sites for hydroxylation is 1. The maximum Gasteiger partial charge on any atom is 0.251 e. The number of nitrogens with one attached hydrogen (secondary N) is 1. The Morgan fingerprint density at radius 1 is 1.55 bits per heavy atom. The number of rotatable bonds is 3. The van der Waals surface area contributed by atoms with E-state index in [1.54, 1.807) is 18.2 Å². The number of amides is 1. The van der Waals surface area contributed by atoms with Gasteiger partial charge in [-0.25, -0.2) is 0 Å². The Kier molecular flexibility index (Phi) is 4.71. The van der Waals surface area contributed by atoms with Gasteiger partial charge in [-0.2, -0.15) is 0 Å². The fraction of sp³-hybridized carbons (Fsp3) is 0.562. The second kappa shape index (κ2) is 6.15. The molecule has 1 aliphatic carbocycles. The van der Waals surface area contributed by atoms with E-state index in [9.17, 15) is 9.90 Å². The summed E-state index contributed by atoms with van der Waals surface area (Å²) in [5.41, 5.74) is 0.703. The van der Waals surface area contributed by atoms with E-state index in [1.165, 1.54) is 0 Å². The monoisotopic (exact) mass is 295 g/mol.